The fourth-order valence-electron chi connectivity index (χ4n) is 1.36. The largest absolute Gasteiger partial charge is 0.332 e. The highest BCUT2D eigenvalue weighted by Crippen LogP contribution is 2.06. The molecule has 0 unspecified atom stereocenters. The molecule has 0 saturated heterocycles. The zero-order valence-corrected chi connectivity index (χ0v) is 10.3. The van der Waals surface area contributed by atoms with Crippen LogP contribution in [0.1, 0.15) is 11.5 Å². The smallest absolute Gasteiger partial charge is 0.257 e. The number of imidazole rings is 1. The molecule has 2 aromatic rings. The number of nitrogens with zero attached hydrogens (tertiary/aromatic N) is 3. The number of rotatable bonds is 4. The summed E-state index contributed by atoms with van der Waals surface area (Å²) < 4.78 is 27.8. The third-order valence-corrected chi connectivity index (χ3v) is 3.65. The standard InChI is InChI=1S/C9H13N5O2S/c1-7-10-6-9(13-7)17(15,16)12-5-8-3-4-11-14(8)2/h3-4,6,12H,5H2,1-2H3,(H,10,13). The van der Waals surface area contributed by atoms with E-state index in [1.165, 1.54) is 6.20 Å². The quantitative estimate of drug-likeness (QED) is 0.799. The predicted octanol–water partition coefficient (Wildman–Crippen LogP) is -0.0699. The molecule has 92 valence electrons. The highest BCUT2D eigenvalue weighted by Gasteiger charge is 2.16. The maximum absolute atomic E-state index is 11.8. The van der Waals surface area contributed by atoms with Gasteiger partial charge >= 0.3 is 0 Å². The predicted molar refractivity (Wildman–Crippen MR) is 60.6 cm³/mol. The maximum atomic E-state index is 11.8. The minimum atomic E-state index is -3.54. The molecular formula is C9H13N5O2S. The second-order valence-corrected chi connectivity index (χ2v) is 5.34. The van der Waals surface area contributed by atoms with Crippen LogP contribution in [0.3, 0.4) is 0 Å². The molecule has 2 rings (SSSR count). The first kappa shape index (κ1) is 11.8. The fourth-order valence-corrected chi connectivity index (χ4v) is 2.32. The van der Waals surface area contributed by atoms with Crippen LogP contribution in [0.2, 0.25) is 0 Å². The Morgan fingerprint density at radius 3 is 2.82 bits per heavy atom. The van der Waals surface area contributed by atoms with Crippen LogP contribution >= 0.6 is 0 Å². The van der Waals surface area contributed by atoms with E-state index in [4.69, 9.17) is 0 Å². The van der Waals surface area contributed by atoms with E-state index >= 15 is 0 Å². The molecule has 2 N–H and O–H groups in total. The Labute approximate surface area is 98.9 Å². The van der Waals surface area contributed by atoms with Gasteiger partial charge in [-0.2, -0.15) is 5.10 Å². The molecule has 0 amide bonds. The van der Waals surface area contributed by atoms with Crippen molar-refractivity contribution in [1.82, 2.24) is 24.5 Å². The summed E-state index contributed by atoms with van der Waals surface area (Å²) in [6.07, 6.45) is 2.91. The van der Waals surface area contributed by atoms with Crippen LogP contribution in [0, 0.1) is 6.92 Å². The molecule has 7 nitrogen and oxygen atoms in total. The number of aromatic nitrogens is 4. The topological polar surface area (TPSA) is 92.7 Å². The molecule has 0 saturated carbocycles. The van der Waals surface area contributed by atoms with Gasteiger partial charge < -0.3 is 4.98 Å². The SMILES string of the molecule is Cc1ncc(S(=O)(=O)NCc2ccnn2C)[nH]1. The monoisotopic (exact) mass is 255 g/mol. The van der Waals surface area contributed by atoms with Crippen molar-refractivity contribution in [3.63, 3.8) is 0 Å². The first-order chi connectivity index (χ1) is 7.99. The summed E-state index contributed by atoms with van der Waals surface area (Å²) in [7, 11) is -1.79. The molecule has 0 aliphatic carbocycles. The van der Waals surface area contributed by atoms with E-state index in [2.05, 4.69) is 19.8 Å². The van der Waals surface area contributed by atoms with Crippen LogP contribution in [0.25, 0.3) is 0 Å². The molecular weight excluding hydrogens is 242 g/mol. The van der Waals surface area contributed by atoms with Gasteiger partial charge in [0.2, 0.25) is 0 Å². The van der Waals surface area contributed by atoms with Gasteiger partial charge in [-0.25, -0.2) is 18.1 Å². The van der Waals surface area contributed by atoms with E-state index in [1.54, 1.807) is 30.9 Å². The fraction of sp³-hybridized carbons (Fsp3) is 0.333. The van der Waals surface area contributed by atoms with E-state index in [0.717, 1.165) is 5.69 Å². The van der Waals surface area contributed by atoms with E-state index in [0.29, 0.717) is 5.82 Å². The maximum Gasteiger partial charge on any atom is 0.257 e. The summed E-state index contributed by atoms with van der Waals surface area (Å²) in [6, 6.07) is 1.75. The van der Waals surface area contributed by atoms with Crippen molar-refractivity contribution in [1.29, 1.82) is 0 Å². The molecule has 0 aliphatic heterocycles. The van der Waals surface area contributed by atoms with Gasteiger partial charge in [0, 0.05) is 13.2 Å². The second kappa shape index (κ2) is 4.30. The lowest BCUT2D eigenvalue weighted by atomic mass is 10.4. The molecule has 0 aromatic carbocycles. The minimum Gasteiger partial charge on any atom is -0.332 e. The van der Waals surface area contributed by atoms with E-state index in [9.17, 15) is 8.42 Å². The van der Waals surface area contributed by atoms with Crippen molar-refractivity contribution in [3.8, 4) is 0 Å². The van der Waals surface area contributed by atoms with Crippen molar-refractivity contribution in [2.75, 3.05) is 0 Å². The van der Waals surface area contributed by atoms with Crippen LogP contribution in [-0.4, -0.2) is 28.2 Å². The summed E-state index contributed by atoms with van der Waals surface area (Å²) in [4.78, 5) is 6.53. The highest BCUT2D eigenvalue weighted by molar-refractivity contribution is 7.89. The molecule has 0 fully saturated rings. The number of aromatic amines is 1. The molecule has 17 heavy (non-hydrogen) atoms. The summed E-state index contributed by atoms with van der Waals surface area (Å²) in [5.41, 5.74) is 0.782. The van der Waals surface area contributed by atoms with Gasteiger partial charge in [-0.15, -0.1) is 0 Å². The van der Waals surface area contributed by atoms with E-state index in [1.807, 2.05) is 0 Å². The first-order valence-electron chi connectivity index (χ1n) is 4.97. The van der Waals surface area contributed by atoms with Gasteiger partial charge in [-0.1, -0.05) is 0 Å². The normalized spacial score (nSPS) is 11.9. The Balaban J connectivity index is 2.11. The lowest BCUT2D eigenvalue weighted by Gasteiger charge is -2.04. The summed E-state index contributed by atoms with van der Waals surface area (Å²) in [6.45, 7) is 1.89. The number of nitrogens with one attached hydrogen (secondary N) is 2. The molecule has 2 heterocycles. The van der Waals surface area contributed by atoms with Crippen molar-refractivity contribution in [2.24, 2.45) is 7.05 Å². The second-order valence-electron chi connectivity index (χ2n) is 3.60. The average Bonchev–Trinajstić information content (AvgIpc) is 2.85. The van der Waals surface area contributed by atoms with Crippen LogP contribution in [0.4, 0.5) is 0 Å². The van der Waals surface area contributed by atoms with Crippen LogP contribution in [-0.2, 0) is 23.6 Å². The molecule has 8 heteroatoms. The van der Waals surface area contributed by atoms with Crippen molar-refractivity contribution in [3.05, 3.63) is 30.0 Å². The third kappa shape index (κ3) is 2.53. The molecule has 0 aliphatic rings. The van der Waals surface area contributed by atoms with Crippen molar-refractivity contribution < 1.29 is 8.42 Å². The Hall–Kier alpha value is -1.67. The van der Waals surface area contributed by atoms with Crippen molar-refractivity contribution in [2.45, 2.75) is 18.5 Å². The summed E-state index contributed by atoms with van der Waals surface area (Å²) in [5, 5.41) is 4.02. The zero-order valence-electron chi connectivity index (χ0n) is 9.51. The van der Waals surface area contributed by atoms with Gasteiger partial charge in [0.05, 0.1) is 18.4 Å². The molecule has 0 spiro atoms. The third-order valence-electron chi connectivity index (χ3n) is 2.33. The molecule has 0 radical (unpaired) electrons. The summed E-state index contributed by atoms with van der Waals surface area (Å²) >= 11 is 0. The molecule has 2 aromatic heterocycles. The number of hydrogen-bond donors (Lipinski definition) is 2. The van der Waals surface area contributed by atoms with Gasteiger partial charge in [0.25, 0.3) is 10.0 Å². The number of H-pyrrole nitrogens is 1. The Morgan fingerprint density at radius 1 is 1.53 bits per heavy atom. The van der Waals surface area contributed by atoms with Crippen LogP contribution in [0.15, 0.2) is 23.5 Å². The summed E-state index contributed by atoms with van der Waals surface area (Å²) in [5.74, 6) is 0.561. The zero-order chi connectivity index (χ0) is 12.5. The van der Waals surface area contributed by atoms with Crippen LogP contribution < -0.4 is 4.72 Å². The van der Waals surface area contributed by atoms with Crippen molar-refractivity contribution >= 4 is 10.0 Å². The highest BCUT2D eigenvalue weighted by atomic mass is 32.2. The number of hydrogen-bond acceptors (Lipinski definition) is 4. The van der Waals surface area contributed by atoms with Crippen LogP contribution in [0.5, 0.6) is 0 Å². The van der Waals surface area contributed by atoms with Gasteiger partial charge in [0.1, 0.15) is 5.82 Å². The first-order valence-corrected chi connectivity index (χ1v) is 6.45. The lowest BCUT2D eigenvalue weighted by Crippen LogP contribution is -2.24. The molecule has 0 atom stereocenters. The van der Waals surface area contributed by atoms with Gasteiger partial charge in [-0.3, -0.25) is 4.68 Å². The minimum absolute atomic E-state index is 0.0668. The average molecular weight is 255 g/mol. The van der Waals surface area contributed by atoms with E-state index in [-0.39, 0.29) is 11.6 Å². The molecule has 0 bridgehead atoms. The number of sulfonamides is 1. The van der Waals surface area contributed by atoms with E-state index < -0.39 is 10.0 Å². The Kier molecular flexibility index (Phi) is 2.99. The van der Waals surface area contributed by atoms with Gasteiger partial charge in [-0.05, 0) is 13.0 Å². The number of aryl methyl sites for hydroxylation is 2. The lowest BCUT2D eigenvalue weighted by molar-refractivity contribution is 0.574. The Morgan fingerprint density at radius 2 is 2.29 bits per heavy atom. The van der Waals surface area contributed by atoms with Gasteiger partial charge in [0.15, 0.2) is 5.03 Å². The Bertz CT molecular complexity index is 613.